The van der Waals surface area contributed by atoms with Gasteiger partial charge in [0.25, 0.3) is 0 Å². The smallest absolute Gasteiger partial charge is 0.306 e. The number of unbranched alkanes of at least 4 members (excludes halogenated alkanes) is 2. The van der Waals surface area contributed by atoms with Crippen LogP contribution in [-0.4, -0.2) is 25.7 Å². The summed E-state index contributed by atoms with van der Waals surface area (Å²) in [5, 5.41) is 0. The molecule has 0 aliphatic heterocycles. The molecule has 0 spiro atoms. The zero-order chi connectivity index (χ0) is 17.8. The van der Waals surface area contributed by atoms with Crippen molar-refractivity contribution < 1.29 is 23.8 Å². The zero-order valence-electron chi connectivity index (χ0n) is 14.9. The second kappa shape index (κ2) is 11.5. The maximum absolute atomic E-state index is 11.7. The number of ether oxygens (including phenoxy) is 3. The van der Waals surface area contributed by atoms with Crippen LogP contribution in [-0.2, 0) is 25.7 Å². The molecule has 5 nitrogen and oxygen atoms in total. The molecule has 24 heavy (non-hydrogen) atoms. The van der Waals surface area contributed by atoms with Crippen molar-refractivity contribution in [3.05, 3.63) is 29.8 Å². The fraction of sp³-hybridized carbons (Fsp3) is 0.579. The molecular formula is C19H28O5. The summed E-state index contributed by atoms with van der Waals surface area (Å²) in [5.41, 5.74) is 0.928. The molecule has 5 heteroatoms. The lowest BCUT2D eigenvalue weighted by Gasteiger charge is -2.07. The Kier molecular flexibility index (Phi) is 9.58. The van der Waals surface area contributed by atoms with Gasteiger partial charge in [0.1, 0.15) is 12.4 Å². The van der Waals surface area contributed by atoms with E-state index in [4.69, 9.17) is 14.2 Å². The largest absolute Gasteiger partial charge is 0.497 e. The van der Waals surface area contributed by atoms with Crippen molar-refractivity contribution in [2.45, 2.75) is 52.6 Å². The molecule has 0 atom stereocenters. The first kappa shape index (κ1) is 20.0. The SMILES string of the molecule is COc1ccc(COC(=O)CCCCCC(=O)OCC(C)C)cc1. The summed E-state index contributed by atoms with van der Waals surface area (Å²) < 4.78 is 15.4. The van der Waals surface area contributed by atoms with Crippen molar-refractivity contribution in [2.75, 3.05) is 13.7 Å². The molecular weight excluding hydrogens is 308 g/mol. The molecule has 0 aromatic heterocycles. The number of hydrogen-bond acceptors (Lipinski definition) is 5. The summed E-state index contributed by atoms with van der Waals surface area (Å²) in [4.78, 5) is 23.1. The maximum atomic E-state index is 11.7. The van der Waals surface area contributed by atoms with E-state index in [-0.39, 0.29) is 18.5 Å². The molecule has 0 bridgehead atoms. The molecule has 0 N–H and O–H groups in total. The van der Waals surface area contributed by atoms with Crippen LogP contribution < -0.4 is 4.74 Å². The topological polar surface area (TPSA) is 61.8 Å². The van der Waals surface area contributed by atoms with E-state index in [0.717, 1.165) is 30.6 Å². The Morgan fingerprint density at radius 2 is 1.50 bits per heavy atom. The number of hydrogen-bond donors (Lipinski definition) is 0. The van der Waals surface area contributed by atoms with Crippen molar-refractivity contribution in [3.63, 3.8) is 0 Å². The number of carbonyl (C=O) groups is 2. The summed E-state index contributed by atoms with van der Waals surface area (Å²) in [6.07, 6.45) is 3.06. The third kappa shape index (κ3) is 9.18. The first-order chi connectivity index (χ1) is 11.5. The van der Waals surface area contributed by atoms with Gasteiger partial charge in [0.05, 0.1) is 13.7 Å². The highest BCUT2D eigenvalue weighted by molar-refractivity contribution is 5.69. The van der Waals surface area contributed by atoms with Gasteiger partial charge in [0.2, 0.25) is 0 Å². The van der Waals surface area contributed by atoms with E-state index in [1.807, 2.05) is 38.1 Å². The van der Waals surface area contributed by atoms with Gasteiger partial charge in [-0.25, -0.2) is 0 Å². The number of benzene rings is 1. The molecule has 0 aliphatic carbocycles. The van der Waals surface area contributed by atoms with Gasteiger partial charge in [0, 0.05) is 12.8 Å². The van der Waals surface area contributed by atoms with E-state index in [1.54, 1.807) is 7.11 Å². The highest BCUT2D eigenvalue weighted by Gasteiger charge is 2.06. The normalized spacial score (nSPS) is 10.5. The summed E-state index contributed by atoms with van der Waals surface area (Å²) >= 11 is 0. The molecule has 1 aromatic carbocycles. The van der Waals surface area contributed by atoms with Gasteiger partial charge in [0.15, 0.2) is 0 Å². The van der Waals surface area contributed by atoms with Crippen molar-refractivity contribution >= 4 is 11.9 Å². The lowest BCUT2D eigenvalue weighted by Crippen LogP contribution is -2.09. The molecule has 1 aromatic rings. The van der Waals surface area contributed by atoms with E-state index in [0.29, 0.717) is 25.4 Å². The highest BCUT2D eigenvalue weighted by atomic mass is 16.5. The first-order valence-electron chi connectivity index (χ1n) is 8.45. The van der Waals surface area contributed by atoms with Gasteiger partial charge in [-0.3, -0.25) is 9.59 Å². The van der Waals surface area contributed by atoms with Gasteiger partial charge in [-0.15, -0.1) is 0 Å². The van der Waals surface area contributed by atoms with Crippen LogP contribution in [0, 0.1) is 5.92 Å². The molecule has 0 amide bonds. The Morgan fingerprint density at radius 1 is 0.917 bits per heavy atom. The van der Waals surface area contributed by atoms with Crippen molar-refractivity contribution in [1.82, 2.24) is 0 Å². The molecule has 0 radical (unpaired) electrons. The number of methoxy groups -OCH3 is 1. The monoisotopic (exact) mass is 336 g/mol. The second-order valence-electron chi connectivity index (χ2n) is 6.15. The van der Waals surface area contributed by atoms with Gasteiger partial charge in [-0.2, -0.15) is 0 Å². The van der Waals surface area contributed by atoms with Crippen LogP contribution in [0.15, 0.2) is 24.3 Å². The van der Waals surface area contributed by atoms with E-state index in [1.165, 1.54) is 0 Å². The van der Waals surface area contributed by atoms with E-state index >= 15 is 0 Å². The molecule has 0 aliphatic rings. The Bertz CT molecular complexity index is 493. The van der Waals surface area contributed by atoms with Crippen LogP contribution in [0.5, 0.6) is 5.75 Å². The average molecular weight is 336 g/mol. The first-order valence-corrected chi connectivity index (χ1v) is 8.45. The standard InChI is InChI=1S/C19H28O5/c1-15(2)13-23-18(20)7-5-4-6-8-19(21)24-14-16-9-11-17(22-3)12-10-16/h9-12,15H,4-8,13-14H2,1-3H3. The molecule has 0 fully saturated rings. The lowest BCUT2D eigenvalue weighted by molar-refractivity contribution is -0.145. The van der Waals surface area contributed by atoms with E-state index in [9.17, 15) is 9.59 Å². The van der Waals surface area contributed by atoms with Crippen molar-refractivity contribution in [3.8, 4) is 5.75 Å². The molecule has 0 heterocycles. The van der Waals surface area contributed by atoms with Gasteiger partial charge in [-0.1, -0.05) is 32.4 Å². The van der Waals surface area contributed by atoms with Crippen LogP contribution in [0.2, 0.25) is 0 Å². The fourth-order valence-corrected chi connectivity index (χ4v) is 2.00. The quantitative estimate of drug-likeness (QED) is 0.453. The third-order valence-corrected chi connectivity index (χ3v) is 3.40. The highest BCUT2D eigenvalue weighted by Crippen LogP contribution is 2.12. The maximum Gasteiger partial charge on any atom is 0.306 e. The Labute approximate surface area is 144 Å². The van der Waals surface area contributed by atoms with Crippen LogP contribution in [0.3, 0.4) is 0 Å². The summed E-state index contributed by atoms with van der Waals surface area (Å²) in [7, 11) is 1.61. The zero-order valence-corrected chi connectivity index (χ0v) is 14.9. The predicted octanol–water partition coefficient (Wildman–Crippen LogP) is 3.89. The Hall–Kier alpha value is -2.04. The van der Waals surface area contributed by atoms with Crippen molar-refractivity contribution in [1.29, 1.82) is 0 Å². The third-order valence-electron chi connectivity index (χ3n) is 3.40. The lowest BCUT2D eigenvalue weighted by atomic mass is 10.1. The van der Waals surface area contributed by atoms with Crippen LogP contribution in [0.4, 0.5) is 0 Å². The summed E-state index contributed by atoms with van der Waals surface area (Å²) in [6.45, 7) is 4.75. The fourth-order valence-electron chi connectivity index (χ4n) is 2.00. The van der Waals surface area contributed by atoms with Crippen molar-refractivity contribution in [2.24, 2.45) is 5.92 Å². The summed E-state index contributed by atoms with van der Waals surface area (Å²) in [6, 6.07) is 7.41. The van der Waals surface area contributed by atoms with Gasteiger partial charge < -0.3 is 14.2 Å². The predicted molar refractivity (Wildman–Crippen MR) is 91.7 cm³/mol. The number of esters is 2. The minimum Gasteiger partial charge on any atom is -0.497 e. The van der Waals surface area contributed by atoms with Crippen LogP contribution in [0.25, 0.3) is 0 Å². The molecule has 1 rings (SSSR count). The van der Waals surface area contributed by atoms with E-state index < -0.39 is 0 Å². The molecule has 0 saturated heterocycles. The Balaban J connectivity index is 2.06. The summed E-state index contributed by atoms with van der Waals surface area (Å²) in [5.74, 6) is 0.755. The number of rotatable bonds is 11. The van der Waals surface area contributed by atoms with E-state index in [2.05, 4.69) is 0 Å². The molecule has 0 saturated carbocycles. The molecule has 0 unspecified atom stereocenters. The Morgan fingerprint density at radius 3 is 2.04 bits per heavy atom. The van der Waals surface area contributed by atoms with Crippen LogP contribution >= 0.6 is 0 Å². The number of carbonyl (C=O) groups excluding carboxylic acids is 2. The minimum atomic E-state index is -0.215. The van der Waals surface area contributed by atoms with Gasteiger partial charge >= 0.3 is 11.9 Å². The average Bonchev–Trinajstić information content (AvgIpc) is 2.58. The molecule has 134 valence electrons. The minimum absolute atomic E-state index is 0.161. The van der Waals surface area contributed by atoms with Gasteiger partial charge in [-0.05, 0) is 36.5 Å². The second-order valence-corrected chi connectivity index (χ2v) is 6.15. The van der Waals surface area contributed by atoms with Crippen LogP contribution in [0.1, 0.15) is 51.5 Å².